The monoisotopic (exact) mass is 322 g/mol. The van der Waals surface area contributed by atoms with Crippen LogP contribution in [0.3, 0.4) is 0 Å². The molecule has 3 aromatic rings. The fourth-order valence-electron chi connectivity index (χ4n) is 2.45. The molecule has 0 saturated heterocycles. The van der Waals surface area contributed by atoms with Crippen LogP contribution < -0.4 is 10.7 Å². The molecule has 0 atom stereocenters. The predicted octanol–water partition coefficient (Wildman–Crippen LogP) is 3.18. The van der Waals surface area contributed by atoms with Crippen LogP contribution in [0.5, 0.6) is 0 Å². The molecule has 0 spiro atoms. The van der Waals surface area contributed by atoms with Gasteiger partial charge in [-0.25, -0.2) is 0 Å². The lowest BCUT2D eigenvalue weighted by atomic mass is 10.2. The zero-order valence-electron chi connectivity index (χ0n) is 12.9. The van der Waals surface area contributed by atoms with Crippen LogP contribution in [0.15, 0.2) is 65.9 Å². The quantitative estimate of drug-likeness (QED) is 0.440. The number of para-hydroxylation sites is 1. The summed E-state index contributed by atoms with van der Waals surface area (Å²) in [5.41, 5.74) is 6.27. The van der Waals surface area contributed by atoms with Gasteiger partial charge in [-0.15, -0.1) is 0 Å². The predicted molar refractivity (Wildman–Crippen MR) is 99.5 cm³/mol. The number of hydrazone groups is 1. The first-order valence-corrected chi connectivity index (χ1v) is 7.80. The van der Waals surface area contributed by atoms with Gasteiger partial charge in [-0.3, -0.25) is 5.43 Å². The topological polar surface area (TPSA) is 41.4 Å². The van der Waals surface area contributed by atoms with E-state index in [1.165, 1.54) is 16.5 Å². The molecular formula is C18H18N4S. The highest BCUT2D eigenvalue weighted by molar-refractivity contribution is 7.80. The van der Waals surface area contributed by atoms with Crippen molar-refractivity contribution in [3.05, 3.63) is 71.9 Å². The van der Waals surface area contributed by atoms with E-state index in [2.05, 4.69) is 50.9 Å². The van der Waals surface area contributed by atoms with Gasteiger partial charge in [0.2, 0.25) is 0 Å². The second kappa shape index (κ2) is 7.07. The number of hydrogen-bond acceptors (Lipinski definition) is 2. The van der Waals surface area contributed by atoms with E-state index in [0.717, 1.165) is 5.56 Å². The van der Waals surface area contributed by atoms with Gasteiger partial charge in [-0.1, -0.05) is 48.5 Å². The molecule has 0 bridgehead atoms. The van der Waals surface area contributed by atoms with Crippen molar-refractivity contribution in [3.8, 4) is 0 Å². The number of hydrogen-bond donors (Lipinski definition) is 2. The average Bonchev–Trinajstić information content (AvgIpc) is 2.91. The molecular weight excluding hydrogens is 304 g/mol. The Bertz CT molecular complexity index is 837. The number of aromatic nitrogens is 1. The Morgan fingerprint density at radius 1 is 1.13 bits per heavy atom. The highest BCUT2D eigenvalue weighted by atomic mass is 32.1. The number of nitrogens with zero attached hydrogens (tertiary/aromatic N) is 2. The largest absolute Gasteiger partial charge is 0.357 e. The van der Waals surface area contributed by atoms with E-state index < -0.39 is 0 Å². The minimum Gasteiger partial charge on any atom is -0.357 e. The average molecular weight is 322 g/mol. The first-order chi connectivity index (χ1) is 11.2. The van der Waals surface area contributed by atoms with Gasteiger partial charge in [0.25, 0.3) is 0 Å². The van der Waals surface area contributed by atoms with E-state index in [4.69, 9.17) is 12.2 Å². The van der Waals surface area contributed by atoms with Crippen LogP contribution in [0, 0.1) is 0 Å². The Labute approximate surface area is 140 Å². The summed E-state index contributed by atoms with van der Waals surface area (Å²) >= 11 is 5.23. The lowest BCUT2D eigenvalue weighted by Gasteiger charge is -2.06. The van der Waals surface area contributed by atoms with Gasteiger partial charge in [0, 0.05) is 36.3 Å². The Balaban J connectivity index is 1.59. The summed E-state index contributed by atoms with van der Waals surface area (Å²) < 4.78 is 2.09. The van der Waals surface area contributed by atoms with E-state index >= 15 is 0 Å². The van der Waals surface area contributed by atoms with Crippen molar-refractivity contribution in [1.29, 1.82) is 0 Å². The summed E-state index contributed by atoms with van der Waals surface area (Å²) in [5, 5.41) is 9.03. The summed E-state index contributed by atoms with van der Waals surface area (Å²) in [5.74, 6) is 0. The third kappa shape index (κ3) is 3.76. The van der Waals surface area contributed by atoms with Crippen LogP contribution in [-0.2, 0) is 13.6 Å². The number of fused-ring (bicyclic) bond motifs is 1. The molecule has 116 valence electrons. The molecule has 0 aliphatic carbocycles. The molecule has 0 aliphatic heterocycles. The molecule has 0 amide bonds. The van der Waals surface area contributed by atoms with E-state index in [1.54, 1.807) is 6.21 Å². The lowest BCUT2D eigenvalue weighted by molar-refractivity contribution is 0.869. The summed E-state index contributed by atoms with van der Waals surface area (Å²) in [7, 11) is 2.03. The van der Waals surface area contributed by atoms with Crippen LogP contribution in [0.2, 0.25) is 0 Å². The normalized spacial score (nSPS) is 11.0. The number of thiocarbonyl (C=S) groups is 1. The van der Waals surface area contributed by atoms with Crippen LogP contribution in [0.4, 0.5) is 0 Å². The van der Waals surface area contributed by atoms with Crippen LogP contribution in [-0.4, -0.2) is 15.9 Å². The third-order valence-corrected chi connectivity index (χ3v) is 3.83. The van der Waals surface area contributed by atoms with E-state index in [9.17, 15) is 0 Å². The van der Waals surface area contributed by atoms with Crippen LogP contribution in [0.1, 0.15) is 11.1 Å². The Hall–Kier alpha value is -2.66. The molecule has 1 aromatic heterocycles. The van der Waals surface area contributed by atoms with Crippen LogP contribution >= 0.6 is 12.2 Å². The first kappa shape index (κ1) is 15.2. The smallest absolute Gasteiger partial charge is 0.187 e. The molecule has 4 nitrogen and oxygen atoms in total. The molecule has 3 rings (SSSR count). The van der Waals surface area contributed by atoms with E-state index in [0.29, 0.717) is 11.7 Å². The maximum Gasteiger partial charge on any atom is 0.187 e. The van der Waals surface area contributed by atoms with Crippen molar-refractivity contribution in [2.75, 3.05) is 0 Å². The van der Waals surface area contributed by atoms with Gasteiger partial charge in [-0.2, -0.15) is 5.10 Å². The number of benzene rings is 2. The van der Waals surface area contributed by atoms with Crippen molar-refractivity contribution >= 4 is 34.4 Å². The van der Waals surface area contributed by atoms with Crippen molar-refractivity contribution < 1.29 is 0 Å². The molecule has 2 aromatic carbocycles. The fraction of sp³-hybridized carbons (Fsp3) is 0.111. The summed E-state index contributed by atoms with van der Waals surface area (Å²) in [6.07, 6.45) is 3.84. The Morgan fingerprint density at radius 2 is 1.87 bits per heavy atom. The lowest BCUT2D eigenvalue weighted by Crippen LogP contribution is -2.31. The van der Waals surface area contributed by atoms with E-state index in [1.807, 2.05) is 37.4 Å². The second-order valence-electron chi connectivity index (χ2n) is 5.25. The molecule has 0 radical (unpaired) electrons. The Kier molecular flexibility index (Phi) is 4.68. The SMILES string of the molecule is Cn1cc(/C=N\NC(=S)NCc2ccccc2)c2ccccc21. The van der Waals surface area contributed by atoms with Gasteiger partial charge in [0.1, 0.15) is 0 Å². The van der Waals surface area contributed by atoms with Gasteiger partial charge in [0.15, 0.2) is 5.11 Å². The molecule has 0 fully saturated rings. The number of nitrogens with one attached hydrogen (secondary N) is 2. The molecule has 0 saturated carbocycles. The zero-order valence-corrected chi connectivity index (χ0v) is 13.7. The zero-order chi connectivity index (χ0) is 16.1. The van der Waals surface area contributed by atoms with Crippen molar-refractivity contribution in [1.82, 2.24) is 15.3 Å². The minimum atomic E-state index is 0.505. The second-order valence-corrected chi connectivity index (χ2v) is 5.66. The summed E-state index contributed by atoms with van der Waals surface area (Å²) in [6.45, 7) is 0.677. The number of rotatable bonds is 4. The summed E-state index contributed by atoms with van der Waals surface area (Å²) in [4.78, 5) is 0. The maximum atomic E-state index is 5.23. The van der Waals surface area contributed by atoms with Crippen molar-refractivity contribution in [2.45, 2.75) is 6.54 Å². The Morgan fingerprint density at radius 3 is 2.70 bits per heavy atom. The van der Waals surface area contributed by atoms with Crippen LogP contribution in [0.25, 0.3) is 10.9 Å². The molecule has 23 heavy (non-hydrogen) atoms. The third-order valence-electron chi connectivity index (χ3n) is 3.59. The first-order valence-electron chi connectivity index (χ1n) is 7.39. The van der Waals surface area contributed by atoms with Gasteiger partial charge >= 0.3 is 0 Å². The number of aryl methyl sites for hydroxylation is 1. The molecule has 1 heterocycles. The fourth-order valence-corrected chi connectivity index (χ4v) is 2.58. The standard InChI is InChI=1S/C18H18N4S/c1-22-13-15(16-9-5-6-10-17(16)22)12-20-21-18(23)19-11-14-7-3-2-4-8-14/h2-10,12-13H,11H2,1H3,(H2,19,21,23)/b20-12-. The molecule has 0 aliphatic rings. The van der Waals surface area contributed by atoms with Gasteiger partial charge in [-0.05, 0) is 23.8 Å². The highest BCUT2D eigenvalue weighted by Gasteiger charge is 2.03. The maximum absolute atomic E-state index is 5.23. The molecule has 5 heteroatoms. The highest BCUT2D eigenvalue weighted by Crippen LogP contribution is 2.18. The molecule has 0 unspecified atom stereocenters. The molecule has 2 N–H and O–H groups in total. The van der Waals surface area contributed by atoms with Gasteiger partial charge < -0.3 is 9.88 Å². The van der Waals surface area contributed by atoms with Crippen molar-refractivity contribution in [2.24, 2.45) is 12.1 Å². The van der Waals surface area contributed by atoms with Crippen molar-refractivity contribution in [3.63, 3.8) is 0 Å². The van der Waals surface area contributed by atoms with E-state index in [-0.39, 0.29) is 0 Å². The summed E-state index contributed by atoms with van der Waals surface area (Å²) in [6, 6.07) is 18.3. The minimum absolute atomic E-state index is 0.505. The van der Waals surface area contributed by atoms with Gasteiger partial charge in [0.05, 0.1) is 6.21 Å².